The van der Waals surface area contributed by atoms with E-state index in [-0.39, 0.29) is 0 Å². The highest BCUT2D eigenvalue weighted by atomic mass is 19.1. The Morgan fingerprint density at radius 2 is 0.550 bits per heavy atom. The Balaban J connectivity index is 1.70. The first-order chi connectivity index (χ1) is 19.1. The van der Waals surface area contributed by atoms with E-state index in [9.17, 15) is 36.7 Å². The maximum atomic E-state index is 14.0. The Hall–Kier alpha value is -5.52. The van der Waals surface area contributed by atoms with Crippen molar-refractivity contribution in [2.75, 3.05) is 0 Å². The minimum absolute atomic E-state index is 0.529. The fourth-order valence-electron chi connectivity index (χ4n) is 3.62. The van der Waals surface area contributed by atoms with Crippen molar-refractivity contribution in [1.29, 1.82) is 0 Å². The van der Waals surface area contributed by atoms with Gasteiger partial charge >= 0.3 is 23.9 Å². The molecule has 0 amide bonds. The molecule has 0 spiro atoms. The Kier molecular flexibility index (Phi) is 6.74. The Bertz CT molecular complexity index is 1480. The fourth-order valence-corrected chi connectivity index (χ4v) is 3.62. The van der Waals surface area contributed by atoms with Crippen LogP contribution < -0.4 is 18.9 Å². The number of esters is 4. The van der Waals surface area contributed by atoms with E-state index in [1.165, 1.54) is 0 Å². The summed E-state index contributed by atoms with van der Waals surface area (Å²) in [7, 11) is 0. The van der Waals surface area contributed by atoms with Crippen LogP contribution in [0.4, 0.5) is 17.6 Å². The van der Waals surface area contributed by atoms with Crippen molar-refractivity contribution in [3.05, 3.63) is 118 Å². The number of hydrogen-bond donors (Lipinski definition) is 0. The van der Waals surface area contributed by atoms with Crippen LogP contribution in [0.2, 0.25) is 0 Å². The van der Waals surface area contributed by atoms with Gasteiger partial charge < -0.3 is 18.9 Å². The topological polar surface area (TPSA) is 105 Å². The maximum Gasteiger partial charge on any atom is 0.347 e. The molecule has 200 valence electrons. The number of carbonyl (C=O) groups excluding carboxylic acids is 4. The Morgan fingerprint density at radius 1 is 0.350 bits per heavy atom. The van der Waals surface area contributed by atoms with Crippen LogP contribution in [0.3, 0.4) is 0 Å². The molecule has 0 unspecified atom stereocenters. The first-order valence-electron chi connectivity index (χ1n) is 11.2. The van der Waals surface area contributed by atoms with Crippen LogP contribution in [0.25, 0.3) is 0 Å². The van der Waals surface area contributed by atoms with E-state index in [0.29, 0.717) is 24.3 Å². The third-order valence-corrected chi connectivity index (χ3v) is 5.46. The van der Waals surface area contributed by atoms with Crippen LogP contribution in [0, 0.1) is 23.3 Å². The molecule has 5 rings (SSSR count). The number of fused-ring (bicyclic) bond motifs is 4. The lowest BCUT2D eigenvalue weighted by Gasteiger charge is -2.16. The summed E-state index contributed by atoms with van der Waals surface area (Å²) in [5.41, 5.74) is -2.12. The minimum Gasteiger partial charge on any atom is -0.422 e. The van der Waals surface area contributed by atoms with Crippen molar-refractivity contribution in [3.63, 3.8) is 0 Å². The average Bonchev–Trinajstić information content (AvgIpc) is 2.88. The standard InChI is InChI=1S/C28H12F4O8/c29-13-1-5-17-21(9-13)37-26(34)19-7-3-15(31)11-23(19)39-28(36)20-8-4-16(32)12-24(20)40-27(35)18-6-2-14(30)10-22(18)38-25(17)33/h1-12H. The highest BCUT2D eigenvalue weighted by Gasteiger charge is 2.27. The second-order valence-electron chi connectivity index (χ2n) is 8.12. The molecule has 0 N–H and O–H groups in total. The van der Waals surface area contributed by atoms with Crippen molar-refractivity contribution in [3.8, 4) is 23.0 Å². The van der Waals surface area contributed by atoms with Gasteiger partial charge in [0.25, 0.3) is 0 Å². The maximum absolute atomic E-state index is 14.0. The lowest BCUT2D eigenvalue weighted by Crippen LogP contribution is -2.20. The summed E-state index contributed by atoms with van der Waals surface area (Å²) in [5, 5.41) is 0. The van der Waals surface area contributed by atoms with E-state index >= 15 is 0 Å². The van der Waals surface area contributed by atoms with E-state index in [1.807, 2.05) is 0 Å². The van der Waals surface area contributed by atoms with Gasteiger partial charge in [-0.3, -0.25) is 0 Å². The van der Waals surface area contributed by atoms with Crippen LogP contribution in [-0.4, -0.2) is 23.9 Å². The molecule has 4 aromatic carbocycles. The molecule has 0 radical (unpaired) electrons. The summed E-state index contributed by atoms with van der Waals surface area (Å²) in [6.07, 6.45) is 0. The van der Waals surface area contributed by atoms with Crippen molar-refractivity contribution in [2.24, 2.45) is 0 Å². The Morgan fingerprint density at radius 3 is 0.750 bits per heavy atom. The predicted octanol–water partition coefficient (Wildman–Crippen LogP) is 5.43. The van der Waals surface area contributed by atoms with Crippen molar-refractivity contribution in [1.82, 2.24) is 0 Å². The quantitative estimate of drug-likeness (QED) is 0.162. The lowest BCUT2D eigenvalue weighted by atomic mass is 10.1. The number of rotatable bonds is 0. The zero-order valence-electron chi connectivity index (χ0n) is 19.7. The number of ether oxygens (including phenoxy) is 4. The van der Waals surface area contributed by atoms with Gasteiger partial charge in [-0.1, -0.05) is 0 Å². The predicted molar refractivity (Wildman–Crippen MR) is 125 cm³/mol. The highest BCUT2D eigenvalue weighted by molar-refractivity contribution is 6.02. The molecule has 12 heteroatoms. The molecular weight excluding hydrogens is 540 g/mol. The molecule has 1 aliphatic heterocycles. The fraction of sp³-hybridized carbons (Fsp3) is 0. The van der Waals surface area contributed by atoms with Gasteiger partial charge in [0.05, 0.1) is 0 Å². The molecular formula is C28H12F4O8. The third kappa shape index (κ3) is 5.23. The van der Waals surface area contributed by atoms with E-state index < -0.39 is 92.4 Å². The minimum atomic E-state index is -1.30. The first kappa shape index (κ1) is 26.1. The zero-order valence-corrected chi connectivity index (χ0v) is 19.7. The molecule has 8 nitrogen and oxygen atoms in total. The van der Waals surface area contributed by atoms with Gasteiger partial charge in [-0.15, -0.1) is 0 Å². The lowest BCUT2D eigenvalue weighted by molar-refractivity contribution is 0.0687. The molecule has 0 saturated carbocycles. The highest BCUT2D eigenvalue weighted by Crippen LogP contribution is 2.31. The van der Waals surface area contributed by atoms with Gasteiger partial charge in [-0.25, -0.2) is 36.7 Å². The molecule has 0 saturated heterocycles. The summed E-state index contributed by atoms with van der Waals surface area (Å²) in [6, 6.07) is 9.58. The smallest absolute Gasteiger partial charge is 0.347 e. The SMILES string of the molecule is O=C1Oc2cc(F)ccc2C(=O)Oc2cc(F)ccc2C(=O)Oc2cc(F)ccc2C(=O)Oc2cc(F)ccc21. The van der Waals surface area contributed by atoms with Crippen molar-refractivity contribution in [2.45, 2.75) is 0 Å². The molecule has 0 aromatic heterocycles. The van der Waals surface area contributed by atoms with Crippen molar-refractivity contribution < 1.29 is 55.7 Å². The zero-order chi connectivity index (χ0) is 28.6. The van der Waals surface area contributed by atoms with Gasteiger partial charge in [0.1, 0.15) is 68.5 Å². The second-order valence-corrected chi connectivity index (χ2v) is 8.12. The summed E-state index contributed by atoms with van der Waals surface area (Å²) in [4.78, 5) is 52.0. The van der Waals surface area contributed by atoms with Crippen LogP contribution in [0.1, 0.15) is 41.4 Å². The number of benzene rings is 4. The van der Waals surface area contributed by atoms with Crippen LogP contribution in [-0.2, 0) is 0 Å². The van der Waals surface area contributed by atoms with E-state index in [4.69, 9.17) is 18.9 Å². The first-order valence-corrected chi connectivity index (χ1v) is 11.2. The van der Waals surface area contributed by atoms with Crippen LogP contribution >= 0.6 is 0 Å². The third-order valence-electron chi connectivity index (χ3n) is 5.46. The summed E-state index contributed by atoms with van der Waals surface area (Å²) in [5.74, 6) is -11.6. The van der Waals surface area contributed by atoms with Gasteiger partial charge in [0.15, 0.2) is 0 Å². The number of hydrogen-bond acceptors (Lipinski definition) is 8. The van der Waals surface area contributed by atoms with Gasteiger partial charge in [-0.05, 0) is 48.5 Å². The van der Waals surface area contributed by atoms with Gasteiger partial charge in [-0.2, -0.15) is 0 Å². The van der Waals surface area contributed by atoms with Crippen LogP contribution in [0.5, 0.6) is 23.0 Å². The second kappa shape index (κ2) is 10.3. The van der Waals surface area contributed by atoms with E-state index in [0.717, 1.165) is 48.5 Å². The van der Waals surface area contributed by atoms with Gasteiger partial charge in [0, 0.05) is 24.3 Å². The molecule has 1 aliphatic rings. The monoisotopic (exact) mass is 552 g/mol. The molecule has 0 fully saturated rings. The molecule has 40 heavy (non-hydrogen) atoms. The number of carbonyl (C=O) groups is 4. The molecule has 0 bridgehead atoms. The molecule has 0 aliphatic carbocycles. The summed E-state index contributed by atoms with van der Waals surface area (Å²) in [6.45, 7) is 0. The summed E-state index contributed by atoms with van der Waals surface area (Å²) >= 11 is 0. The molecule has 4 aromatic rings. The summed E-state index contributed by atoms with van der Waals surface area (Å²) < 4.78 is 76.8. The van der Waals surface area contributed by atoms with Crippen molar-refractivity contribution >= 4 is 23.9 Å². The molecule has 1 heterocycles. The van der Waals surface area contributed by atoms with E-state index in [2.05, 4.69) is 0 Å². The average molecular weight is 552 g/mol. The number of halogens is 4. The Labute approximate surface area is 221 Å². The van der Waals surface area contributed by atoms with Crippen LogP contribution in [0.15, 0.2) is 72.8 Å². The molecule has 0 atom stereocenters. The largest absolute Gasteiger partial charge is 0.422 e. The van der Waals surface area contributed by atoms with E-state index in [1.54, 1.807) is 0 Å². The normalized spacial score (nSPS) is 13.5. The van der Waals surface area contributed by atoms with Gasteiger partial charge in [0.2, 0.25) is 0 Å².